The maximum atomic E-state index is 13.8. The average Bonchev–Trinajstić information content (AvgIpc) is 3.15. The second-order valence-corrected chi connectivity index (χ2v) is 5.95. The van der Waals surface area contributed by atoms with Crippen LogP contribution in [0.4, 0.5) is 8.78 Å². The Labute approximate surface area is 160 Å². The molecule has 0 aliphatic rings. The molecule has 0 unspecified atom stereocenters. The fourth-order valence-electron chi connectivity index (χ4n) is 2.64. The third-order valence-electron chi connectivity index (χ3n) is 4.03. The van der Waals surface area contributed by atoms with E-state index in [1.807, 2.05) is 0 Å². The summed E-state index contributed by atoms with van der Waals surface area (Å²) in [6.45, 7) is 0.110. The fraction of sp³-hybridized carbons (Fsp3) is 0.200. The van der Waals surface area contributed by atoms with Crippen molar-refractivity contribution in [3.05, 3.63) is 65.4 Å². The van der Waals surface area contributed by atoms with E-state index in [1.165, 1.54) is 26.4 Å². The Bertz CT molecular complexity index is 988. The van der Waals surface area contributed by atoms with Gasteiger partial charge in [-0.1, -0.05) is 11.2 Å². The number of methoxy groups -OCH3 is 2. The monoisotopic (exact) mass is 388 g/mol. The first-order chi connectivity index (χ1) is 13.5. The highest BCUT2D eigenvalue weighted by atomic mass is 19.1. The van der Waals surface area contributed by atoms with Crippen molar-refractivity contribution in [2.75, 3.05) is 14.2 Å². The molecule has 3 rings (SSSR count). The lowest BCUT2D eigenvalue weighted by Gasteiger charge is -2.09. The molecule has 0 saturated carbocycles. The van der Waals surface area contributed by atoms with Crippen LogP contribution < -0.4 is 14.8 Å². The summed E-state index contributed by atoms with van der Waals surface area (Å²) in [6, 6.07) is 9.88. The van der Waals surface area contributed by atoms with Gasteiger partial charge in [-0.25, -0.2) is 8.78 Å². The number of nitrogens with zero attached hydrogens (tertiary/aromatic N) is 1. The van der Waals surface area contributed by atoms with Crippen LogP contribution in [0.15, 0.2) is 47.0 Å². The maximum Gasteiger partial charge on any atom is 0.224 e. The zero-order valence-corrected chi connectivity index (χ0v) is 15.3. The van der Waals surface area contributed by atoms with Gasteiger partial charge >= 0.3 is 0 Å². The van der Waals surface area contributed by atoms with Gasteiger partial charge in [0.2, 0.25) is 5.91 Å². The number of benzene rings is 2. The molecule has 146 valence electrons. The van der Waals surface area contributed by atoms with Crippen LogP contribution in [-0.2, 0) is 17.8 Å². The smallest absolute Gasteiger partial charge is 0.224 e. The van der Waals surface area contributed by atoms with Crippen molar-refractivity contribution in [1.82, 2.24) is 10.5 Å². The highest BCUT2D eigenvalue weighted by Gasteiger charge is 2.13. The number of rotatable bonds is 7. The molecule has 8 heteroatoms. The van der Waals surface area contributed by atoms with Gasteiger partial charge in [0.25, 0.3) is 0 Å². The van der Waals surface area contributed by atoms with Crippen molar-refractivity contribution in [3.8, 4) is 22.8 Å². The molecule has 1 N–H and O–H groups in total. The predicted molar refractivity (Wildman–Crippen MR) is 97.0 cm³/mol. The number of hydrogen-bond donors (Lipinski definition) is 1. The second kappa shape index (κ2) is 8.51. The Morgan fingerprint density at radius 1 is 1.07 bits per heavy atom. The molecule has 0 saturated heterocycles. The Morgan fingerprint density at radius 2 is 1.86 bits per heavy atom. The standard InChI is InChI=1S/C20H18F2N2O4/c1-26-17-6-3-12(7-19(17)27-2)8-20(25)23-11-14-10-18(28-24-14)15-5-4-13(21)9-16(15)22/h3-7,9-10H,8,11H2,1-2H3,(H,23,25). The van der Waals surface area contributed by atoms with Crippen molar-refractivity contribution in [2.24, 2.45) is 0 Å². The van der Waals surface area contributed by atoms with Crippen LogP contribution in [0.25, 0.3) is 11.3 Å². The number of ether oxygens (including phenoxy) is 2. The highest BCUT2D eigenvalue weighted by Crippen LogP contribution is 2.28. The minimum atomic E-state index is -0.750. The lowest BCUT2D eigenvalue weighted by Crippen LogP contribution is -2.24. The normalized spacial score (nSPS) is 10.6. The Balaban J connectivity index is 1.60. The number of nitrogens with one attached hydrogen (secondary N) is 1. The summed E-state index contributed by atoms with van der Waals surface area (Å²) in [5, 5.41) is 6.51. The SMILES string of the molecule is COc1ccc(CC(=O)NCc2cc(-c3ccc(F)cc3F)on2)cc1OC. The van der Waals surface area contributed by atoms with Crippen molar-refractivity contribution < 1.29 is 27.6 Å². The van der Waals surface area contributed by atoms with E-state index in [1.54, 1.807) is 18.2 Å². The first kappa shape index (κ1) is 19.3. The molecule has 0 atom stereocenters. The summed E-state index contributed by atoms with van der Waals surface area (Å²) in [5.41, 5.74) is 1.26. The maximum absolute atomic E-state index is 13.8. The van der Waals surface area contributed by atoms with Crippen LogP contribution >= 0.6 is 0 Å². The average molecular weight is 388 g/mol. The quantitative estimate of drug-likeness (QED) is 0.671. The molecule has 0 aliphatic heterocycles. The predicted octanol–water partition coefficient (Wildman–Crippen LogP) is 3.50. The zero-order chi connectivity index (χ0) is 20.1. The molecule has 0 aliphatic carbocycles. The van der Waals surface area contributed by atoms with Gasteiger partial charge in [-0.2, -0.15) is 0 Å². The van der Waals surface area contributed by atoms with Gasteiger partial charge in [-0.3, -0.25) is 4.79 Å². The molecule has 0 radical (unpaired) electrons. The topological polar surface area (TPSA) is 73.6 Å². The van der Waals surface area contributed by atoms with Gasteiger partial charge in [0.15, 0.2) is 17.3 Å². The van der Waals surface area contributed by atoms with E-state index in [0.29, 0.717) is 17.2 Å². The van der Waals surface area contributed by atoms with E-state index < -0.39 is 11.6 Å². The summed E-state index contributed by atoms with van der Waals surface area (Å²) in [4.78, 5) is 12.2. The van der Waals surface area contributed by atoms with E-state index in [4.69, 9.17) is 14.0 Å². The van der Waals surface area contributed by atoms with E-state index in [9.17, 15) is 13.6 Å². The third-order valence-corrected chi connectivity index (χ3v) is 4.03. The fourth-order valence-corrected chi connectivity index (χ4v) is 2.64. The van der Waals surface area contributed by atoms with Crippen LogP contribution in [0.5, 0.6) is 11.5 Å². The molecule has 28 heavy (non-hydrogen) atoms. The number of halogens is 2. The Kier molecular flexibility index (Phi) is 5.88. The molecule has 0 bridgehead atoms. The number of aromatic nitrogens is 1. The van der Waals surface area contributed by atoms with Gasteiger partial charge < -0.3 is 19.3 Å². The van der Waals surface area contributed by atoms with E-state index >= 15 is 0 Å². The number of hydrogen-bond acceptors (Lipinski definition) is 5. The van der Waals surface area contributed by atoms with Crippen LogP contribution in [-0.4, -0.2) is 25.3 Å². The summed E-state index contributed by atoms with van der Waals surface area (Å²) < 4.78 is 42.3. The molecule has 2 aromatic carbocycles. The molecule has 3 aromatic rings. The van der Waals surface area contributed by atoms with Crippen molar-refractivity contribution >= 4 is 5.91 Å². The first-order valence-electron chi connectivity index (χ1n) is 8.38. The summed E-state index contributed by atoms with van der Waals surface area (Å²) in [5.74, 6) is -0.389. The summed E-state index contributed by atoms with van der Waals surface area (Å²) in [6.07, 6.45) is 0.137. The molecule has 0 fully saturated rings. The van der Waals surface area contributed by atoms with Crippen LogP contribution in [0.3, 0.4) is 0 Å². The number of carbonyl (C=O) groups excluding carboxylic acids is 1. The lowest BCUT2D eigenvalue weighted by atomic mass is 10.1. The van der Waals surface area contributed by atoms with Crippen LogP contribution in [0, 0.1) is 11.6 Å². The molecule has 0 spiro atoms. The Hall–Kier alpha value is -3.42. The van der Waals surface area contributed by atoms with Crippen LogP contribution in [0.1, 0.15) is 11.3 Å². The van der Waals surface area contributed by atoms with Gasteiger partial charge in [0, 0.05) is 12.1 Å². The van der Waals surface area contributed by atoms with E-state index in [0.717, 1.165) is 17.7 Å². The van der Waals surface area contributed by atoms with Gasteiger partial charge in [0.05, 0.1) is 32.7 Å². The van der Waals surface area contributed by atoms with E-state index in [2.05, 4.69) is 10.5 Å². The van der Waals surface area contributed by atoms with Crippen molar-refractivity contribution in [2.45, 2.75) is 13.0 Å². The molecule has 6 nitrogen and oxygen atoms in total. The van der Waals surface area contributed by atoms with Gasteiger partial charge in [-0.05, 0) is 29.8 Å². The van der Waals surface area contributed by atoms with Gasteiger partial charge in [-0.15, -0.1) is 0 Å². The number of carbonyl (C=O) groups is 1. The minimum Gasteiger partial charge on any atom is -0.493 e. The first-order valence-corrected chi connectivity index (χ1v) is 8.38. The van der Waals surface area contributed by atoms with Crippen LogP contribution in [0.2, 0.25) is 0 Å². The van der Waals surface area contributed by atoms with Gasteiger partial charge in [0.1, 0.15) is 17.3 Å². The highest BCUT2D eigenvalue weighted by molar-refractivity contribution is 5.78. The molecular formula is C20H18F2N2O4. The van der Waals surface area contributed by atoms with Crippen molar-refractivity contribution in [3.63, 3.8) is 0 Å². The molecular weight excluding hydrogens is 370 g/mol. The zero-order valence-electron chi connectivity index (χ0n) is 15.3. The third kappa shape index (κ3) is 4.46. The molecule has 1 aromatic heterocycles. The molecule has 1 heterocycles. The second-order valence-electron chi connectivity index (χ2n) is 5.95. The number of amides is 1. The van der Waals surface area contributed by atoms with Crippen molar-refractivity contribution in [1.29, 1.82) is 0 Å². The summed E-state index contributed by atoms with van der Waals surface area (Å²) in [7, 11) is 3.06. The van der Waals surface area contributed by atoms with E-state index in [-0.39, 0.29) is 30.2 Å². The molecule has 1 amide bonds. The minimum absolute atomic E-state index is 0.0943. The summed E-state index contributed by atoms with van der Waals surface area (Å²) >= 11 is 0. The lowest BCUT2D eigenvalue weighted by molar-refractivity contribution is -0.120. The largest absolute Gasteiger partial charge is 0.493 e. The Morgan fingerprint density at radius 3 is 2.57 bits per heavy atom.